The van der Waals surface area contributed by atoms with E-state index in [1.54, 1.807) is 0 Å². The Hall–Kier alpha value is -0.990. The number of aromatic nitrogens is 2. The van der Waals surface area contributed by atoms with Gasteiger partial charge < -0.3 is 5.73 Å². The van der Waals surface area contributed by atoms with Crippen LogP contribution in [0, 0.1) is 6.92 Å². The fourth-order valence-electron chi connectivity index (χ4n) is 1.69. The van der Waals surface area contributed by atoms with E-state index in [0.29, 0.717) is 6.04 Å². The first-order valence-corrected chi connectivity index (χ1v) is 5.50. The van der Waals surface area contributed by atoms with Crippen molar-refractivity contribution in [2.45, 2.75) is 52.5 Å². The number of hydrogen-bond acceptors (Lipinski definition) is 2. The van der Waals surface area contributed by atoms with Crippen molar-refractivity contribution in [1.82, 2.24) is 9.78 Å². The van der Waals surface area contributed by atoms with E-state index in [4.69, 9.17) is 5.73 Å². The SMILES string of the molecule is CCCCC(CC)n1ncc(C)c1N. The lowest BCUT2D eigenvalue weighted by Crippen LogP contribution is -2.12. The molecule has 0 saturated heterocycles. The summed E-state index contributed by atoms with van der Waals surface area (Å²) in [4.78, 5) is 0. The van der Waals surface area contributed by atoms with Crippen molar-refractivity contribution < 1.29 is 0 Å². The van der Waals surface area contributed by atoms with E-state index in [1.165, 1.54) is 19.3 Å². The molecule has 1 heterocycles. The molecule has 0 amide bonds. The molecule has 3 nitrogen and oxygen atoms in total. The average molecular weight is 195 g/mol. The van der Waals surface area contributed by atoms with Crippen molar-refractivity contribution in [3.05, 3.63) is 11.8 Å². The van der Waals surface area contributed by atoms with Crippen molar-refractivity contribution in [1.29, 1.82) is 0 Å². The monoisotopic (exact) mass is 195 g/mol. The maximum Gasteiger partial charge on any atom is 0.124 e. The Morgan fingerprint density at radius 1 is 1.50 bits per heavy atom. The summed E-state index contributed by atoms with van der Waals surface area (Å²) in [5, 5.41) is 4.33. The number of nitrogen functional groups attached to an aromatic ring is 1. The van der Waals surface area contributed by atoms with Gasteiger partial charge in [0, 0.05) is 5.56 Å². The van der Waals surface area contributed by atoms with Gasteiger partial charge in [0.2, 0.25) is 0 Å². The molecule has 1 aromatic heterocycles. The molecule has 0 saturated carbocycles. The first kappa shape index (κ1) is 11.1. The van der Waals surface area contributed by atoms with Gasteiger partial charge in [0.15, 0.2) is 0 Å². The predicted octanol–water partition coefficient (Wildman–Crippen LogP) is 2.92. The largest absolute Gasteiger partial charge is 0.384 e. The highest BCUT2D eigenvalue weighted by atomic mass is 15.3. The minimum absolute atomic E-state index is 0.476. The smallest absolute Gasteiger partial charge is 0.124 e. The zero-order valence-electron chi connectivity index (χ0n) is 9.45. The van der Waals surface area contributed by atoms with Crippen LogP contribution in [0.5, 0.6) is 0 Å². The number of nitrogens with zero attached hydrogens (tertiary/aromatic N) is 2. The minimum Gasteiger partial charge on any atom is -0.384 e. The molecular weight excluding hydrogens is 174 g/mol. The molecule has 80 valence electrons. The summed E-state index contributed by atoms with van der Waals surface area (Å²) in [5.74, 6) is 0.827. The number of rotatable bonds is 5. The average Bonchev–Trinajstić information content (AvgIpc) is 2.51. The Morgan fingerprint density at radius 3 is 2.64 bits per heavy atom. The highest BCUT2D eigenvalue weighted by Crippen LogP contribution is 2.22. The van der Waals surface area contributed by atoms with Crippen LogP contribution in [0.15, 0.2) is 6.20 Å². The van der Waals surface area contributed by atoms with Gasteiger partial charge in [0.1, 0.15) is 5.82 Å². The second-order valence-electron chi connectivity index (χ2n) is 3.86. The zero-order chi connectivity index (χ0) is 10.6. The van der Waals surface area contributed by atoms with Gasteiger partial charge in [0.25, 0.3) is 0 Å². The van der Waals surface area contributed by atoms with E-state index in [-0.39, 0.29) is 0 Å². The highest BCUT2D eigenvalue weighted by Gasteiger charge is 2.12. The Bertz CT molecular complexity index is 278. The molecule has 0 fully saturated rings. The third-order valence-electron chi connectivity index (χ3n) is 2.73. The molecule has 1 unspecified atom stereocenters. The van der Waals surface area contributed by atoms with Crippen molar-refractivity contribution in [3.8, 4) is 0 Å². The maximum absolute atomic E-state index is 5.95. The number of nitrogens with two attached hydrogens (primary N) is 1. The van der Waals surface area contributed by atoms with Gasteiger partial charge >= 0.3 is 0 Å². The second kappa shape index (κ2) is 5.03. The normalized spacial score (nSPS) is 13.1. The lowest BCUT2D eigenvalue weighted by molar-refractivity contribution is 0.406. The van der Waals surface area contributed by atoms with Crippen LogP contribution in [0.1, 0.15) is 51.1 Å². The maximum atomic E-state index is 5.95. The van der Waals surface area contributed by atoms with Crippen LogP contribution in [-0.4, -0.2) is 9.78 Å². The molecule has 14 heavy (non-hydrogen) atoms. The Labute approximate surface area is 86.3 Å². The molecule has 0 aromatic carbocycles. The quantitative estimate of drug-likeness (QED) is 0.785. The van der Waals surface area contributed by atoms with Crippen LogP contribution in [0.3, 0.4) is 0 Å². The third-order valence-corrected chi connectivity index (χ3v) is 2.73. The van der Waals surface area contributed by atoms with E-state index in [0.717, 1.165) is 17.8 Å². The van der Waals surface area contributed by atoms with Gasteiger partial charge in [-0.2, -0.15) is 5.10 Å². The lowest BCUT2D eigenvalue weighted by Gasteiger charge is -2.16. The van der Waals surface area contributed by atoms with Crippen molar-refractivity contribution in [2.24, 2.45) is 0 Å². The van der Waals surface area contributed by atoms with E-state index >= 15 is 0 Å². The van der Waals surface area contributed by atoms with Crippen LogP contribution in [0.25, 0.3) is 0 Å². The van der Waals surface area contributed by atoms with Gasteiger partial charge in [-0.05, 0) is 19.8 Å². The van der Waals surface area contributed by atoms with E-state index in [9.17, 15) is 0 Å². The molecule has 1 atom stereocenters. The second-order valence-corrected chi connectivity index (χ2v) is 3.86. The summed E-state index contributed by atoms with van der Waals surface area (Å²) in [5.41, 5.74) is 7.03. The first-order chi connectivity index (χ1) is 6.70. The molecule has 0 bridgehead atoms. The van der Waals surface area contributed by atoms with Crippen molar-refractivity contribution in [3.63, 3.8) is 0 Å². The summed E-state index contributed by atoms with van der Waals surface area (Å²) in [6.45, 7) is 6.41. The van der Waals surface area contributed by atoms with Gasteiger partial charge in [-0.25, -0.2) is 4.68 Å². The summed E-state index contributed by atoms with van der Waals surface area (Å²) in [6, 6.07) is 0.476. The van der Waals surface area contributed by atoms with Gasteiger partial charge in [-0.3, -0.25) is 0 Å². The number of hydrogen-bond donors (Lipinski definition) is 1. The Morgan fingerprint density at radius 2 is 2.21 bits per heavy atom. The van der Waals surface area contributed by atoms with Crippen LogP contribution in [0.2, 0.25) is 0 Å². The molecular formula is C11H21N3. The Balaban J connectivity index is 2.73. The molecule has 0 aliphatic rings. The summed E-state index contributed by atoms with van der Waals surface area (Å²) < 4.78 is 1.98. The van der Waals surface area contributed by atoms with Gasteiger partial charge in [-0.1, -0.05) is 26.7 Å². The van der Waals surface area contributed by atoms with Crippen molar-refractivity contribution in [2.75, 3.05) is 5.73 Å². The van der Waals surface area contributed by atoms with Gasteiger partial charge in [-0.15, -0.1) is 0 Å². The number of unbranched alkanes of at least 4 members (excludes halogenated alkanes) is 1. The molecule has 2 N–H and O–H groups in total. The highest BCUT2D eigenvalue weighted by molar-refractivity contribution is 5.37. The van der Waals surface area contributed by atoms with Crippen LogP contribution >= 0.6 is 0 Å². The topological polar surface area (TPSA) is 43.8 Å². The third kappa shape index (κ3) is 2.28. The van der Waals surface area contributed by atoms with Crippen LogP contribution in [0.4, 0.5) is 5.82 Å². The molecule has 0 aliphatic heterocycles. The molecule has 1 aromatic rings. The van der Waals surface area contributed by atoms with Crippen LogP contribution in [-0.2, 0) is 0 Å². The molecule has 0 radical (unpaired) electrons. The van der Waals surface area contributed by atoms with Crippen LogP contribution < -0.4 is 5.73 Å². The fraction of sp³-hybridized carbons (Fsp3) is 0.727. The summed E-state index contributed by atoms with van der Waals surface area (Å²) in [6.07, 6.45) is 6.61. The molecule has 0 aliphatic carbocycles. The Kier molecular flexibility index (Phi) is 3.98. The standard InChI is InChI=1S/C11H21N3/c1-4-6-7-10(5-2)14-11(12)9(3)8-13-14/h8,10H,4-7,12H2,1-3H3. The van der Waals surface area contributed by atoms with E-state index in [1.807, 2.05) is 17.8 Å². The van der Waals surface area contributed by atoms with Gasteiger partial charge in [0.05, 0.1) is 12.2 Å². The number of anilines is 1. The van der Waals surface area contributed by atoms with E-state index in [2.05, 4.69) is 18.9 Å². The molecule has 0 spiro atoms. The lowest BCUT2D eigenvalue weighted by atomic mass is 10.1. The summed E-state index contributed by atoms with van der Waals surface area (Å²) in [7, 11) is 0. The molecule has 3 heteroatoms. The zero-order valence-corrected chi connectivity index (χ0v) is 9.45. The number of aryl methyl sites for hydroxylation is 1. The van der Waals surface area contributed by atoms with E-state index < -0.39 is 0 Å². The van der Waals surface area contributed by atoms with Crippen molar-refractivity contribution >= 4 is 5.82 Å². The fourth-order valence-corrected chi connectivity index (χ4v) is 1.69. The summed E-state index contributed by atoms with van der Waals surface area (Å²) >= 11 is 0. The minimum atomic E-state index is 0.476. The predicted molar refractivity (Wildman–Crippen MR) is 60.2 cm³/mol. The first-order valence-electron chi connectivity index (χ1n) is 5.50. The molecule has 1 rings (SSSR count).